The van der Waals surface area contributed by atoms with Crippen LogP contribution in [0.25, 0.3) is 0 Å². The van der Waals surface area contributed by atoms with E-state index in [1.807, 2.05) is 0 Å². The summed E-state index contributed by atoms with van der Waals surface area (Å²) in [5.41, 5.74) is 5.28. The number of hydrogen-bond acceptors (Lipinski definition) is 4. The minimum Gasteiger partial charge on any atom is -0.398 e. The Morgan fingerprint density at radius 3 is 2.58 bits per heavy atom. The Labute approximate surface area is 111 Å². The van der Waals surface area contributed by atoms with Crippen molar-refractivity contribution in [3.05, 3.63) is 24.0 Å². The molecule has 0 radical (unpaired) electrons. The topological polar surface area (TPSA) is 92.5 Å². The van der Waals surface area contributed by atoms with Gasteiger partial charge in [0.15, 0.2) is 0 Å². The molecule has 0 saturated heterocycles. The van der Waals surface area contributed by atoms with Gasteiger partial charge in [-0.1, -0.05) is 6.07 Å². The van der Waals surface area contributed by atoms with Gasteiger partial charge in [0.1, 0.15) is 10.7 Å². The summed E-state index contributed by atoms with van der Waals surface area (Å²) in [6, 6.07) is 3.62. The third kappa shape index (κ3) is 3.90. The number of carbonyl (C=O) groups excluding carboxylic acids is 1. The van der Waals surface area contributed by atoms with Crippen LogP contribution in [-0.2, 0) is 14.8 Å². The maximum absolute atomic E-state index is 13.5. The van der Waals surface area contributed by atoms with Gasteiger partial charge in [0.2, 0.25) is 15.9 Å². The number of halogens is 1. The van der Waals surface area contributed by atoms with Crippen LogP contribution in [0.2, 0.25) is 0 Å². The molecule has 8 heteroatoms. The summed E-state index contributed by atoms with van der Waals surface area (Å²) in [5, 5.41) is 0. The predicted molar refractivity (Wildman–Crippen MR) is 69.3 cm³/mol. The molecule has 1 amide bonds. The van der Waals surface area contributed by atoms with E-state index in [-0.39, 0.29) is 24.6 Å². The molecule has 106 valence electrons. The van der Waals surface area contributed by atoms with Gasteiger partial charge in [-0.05, 0) is 12.1 Å². The van der Waals surface area contributed by atoms with Crippen molar-refractivity contribution in [3.8, 4) is 0 Å². The van der Waals surface area contributed by atoms with Gasteiger partial charge in [-0.25, -0.2) is 17.5 Å². The number of hydrogen-bond donors (Lipinski definition) is 2. The van der Waals surface area contributed by atoms with Crippen LogP contribution in [0.15, 0.2) is 23.1 Å². The zero-order chi connectivity index (χ0) is 14.6. The molecule has 3 N–H and O–H groups in total. The zero-order valence-electron chi connectivity index (χ0n) is 10.7. The highest BCUT2D eigenvalue weighted by molar-refractivity contribution is 7.89. The van der Waals surface area contributed by atoms with E-state index in [4.69, 9.17) is 5.73 Å². The fraction of sp³-hybridized carbons (Fsp3) is 0.364. The van der Waals surface area contributed by atoms with Crippen LogP contribution >= 0.6 is 0 Å². The zero-order valence-corrected chi connectivity index (χ0v) is 11.5. The fourth-order valence-electron chi connectivity index (χ4n) is 1.40. The molecule has 0 aliphatic carbocycles. The van der Waals surface area contributed by atoms with Crippen molar-refractivity contribution in [1.82, 2.24) is 9.62 Å². The average Bonchev–Trinajstić information content (AvgIpc) is 2.27. The van der Waals surface area contributed by atoms with E-state index in [1.54, 1.807) is 14.1 Å². The first-order valence-corrected chi connectivity index (χ1v) is 6.98. The van der Waals surface area contributed by atoms with Crippen LogP contribution < -0.4 is 10.5 Å². The van der Waals surface area contributed by atoms with E-state index < -0.39 is 20.7 Å². The van der Waals surface area contributed by atoms with Gasteiger partial charge < -0.3 is 10.6 Å². The molecule has 19 heavy (non-hydrogen) atoms. The Balaban J connectivity index is 2.80. The molecule has 0 unspecified atom stereocenters. The van der Waals surface area contributed by atoms with E-state index in [0.717, 1.165) is 6.07 Å². The Hall–Kier alpha value is -1.67. The lowest BCUT2D eigenvalue weighted by atomic mass is 10.3. The first kappa shape index (κ1) is 15.4. The first-order chi connectivity index (χ1) is 8.75. The van der Waals surface area contributed by atoms with Crippen molar-refractivity contribution < 1.29 is 17.6 Å². The van der Waals surface area contributed by atoms with Gasteiger partial charge in [-0.2, -0.15) is 0 Å². The van der Waals surface area contributed by atoms with Crippen LogP contribution in [0.1, 0.15) is 6.42 Å². The van der Waals surface area contributed by atoms with Crippen molar-refractivity contribution in [2.24, 2.45) is 0 Å². The lowest BCUT2D eigenvalue weighted by molar-refractivity contribution is -0.128. The van der Waals surface area contributed by atoms with Crippen molar-refractivity contribution >= 4 is 21.6 Å². The first-order valence-electron chi connectivity index (χ1n) is 5.49. The van der Waals surface area contributed by atoms with Crippen molar-refractivity contribution in [2.75, 3.05) is 26.4 Å². The van der Waals surface area contributed by atoms with Crippen molar-refractivity contribution in [3.63, 3.8) is 0 Å². The van der Waals surface area contributed by atoms with E-state index in [9.17, 15) is 17.6 Å². The third-order valence-corrected chi connectivity index (χ3v) is 3.95. The number of nitrogens with one attached hydrogen (secondary N) is 1. The molecular weight excluding hydrogens is 273 g/mol. The maximum Gasteiger partial charge on any atom is 0.245 e. The normalized spacial score (nSPS) is 11.3. The molecule has 0 saturated carbocycles. The van der Waals surface area contributed by atoms with Gasteiger partial charge in [0.25, 0.3) is 0 Å². The standard InChI is InChI=1S/C11H16FN3O3S/c1-15(2)10(16)6-7-14-19(17,18)11-8(12)4-3-5-9(11)13/h3-5,14H,6-7,13H2,1-2H3. The molecule has 0 aliphatic rings. The molecule has 0 fully saturated rings. The van der Waals surface area contributed by atoms with Gasteiger partial charge >= 0.3 is 0 Å². The molecule has 0 spiro atoms. The molecule has 0 heterocycles. The molecule has 1 rings (SSSR count). The Morgan fingerprint density at radius 1 is 1.42 bits per heavy atom. The smallest absolute Gasteiger partial charge is 0.245 e. The number of nitrogens with zero attached hydrogens (tertiary/aromatic N) is 1. The fourth-order valence-corrected chi connectivity index (χ4v) is 2.62. The van der Waals surface area contributed by atoms with E-state index >= 15 is 0 Å². The largest absolute Gasteiger partial charge is 0.398 e. The lowest BCUT2D eigenvalue weighted by Crippen LogP contribution is -2.31. The Kier molecular flexibility index (Phi) is 4.84. The Morgan fingerprint density at radius 2 is 2.05 bits per heavy atom. The molecule has 0 aromatic heterocycles. The van der Waals surface area contributed by atoms with Crippen LogP contribution in [0, 0.1) is 5.82 Å². The average molecular weight is 289 g/mol. The quantitative estimate of drug-likeness (QED) is 0.755. The minimum absolute atomic E-state index is 0.0133. The number of sulfonamides is 1. The second kappa shape index (κ2) is 5.98. The summed E-state index contributed by atoms with van der Waals surface area (Å²) in [7, 11) is -0.941. The molecular formula is C11H16FN3O3S. The molecule has 0 aliphatic heterocycles. The summed E-state index contributed by atoms with van der Waals surface area (Å²) in [4.78, 5) is 12.0. The van der Waals surface area contributed by atoms with Gasteiger partial charge in [0, 0.05) is 27.1 Å². The van der Waals surface area contributed by atoms with Crippen molar-refractivity contribution in [2.45, 2.75) is 11.3 Å². The second-order valence-electron chi connectivity index (χ2n) is 4.09. The van der Waals surface area contributed by atoms with E-state index in [0.29, 0.717) is 0 Å². The number of nitrogen functional groups attached to an aromatic ring is 1. The molecule has 0 atom stereocenters. The highest BCUT2D eigenvalue weighted by Gasteiger charge is 2.22. The number of nitrogens with two attached hydrogens (primary N) is 1. The lowest BCUT2D eigenvalue weighted by Gasteiger charge is -2.12. The van der Waals surface area contributed by atoms with Crippen LogP contribution in [0.5, 0.6) is 0 Å². The Bertz CT molecular complexity index is 552. The van der Waals surface area contributed by atoms with Gasteiger partial charge in [-0.15, -0.1) is 0 Å². The molecule has 6 nitrogen and oxygen atoms in total. The van der Waals surface area contributed by atoms with Gasteiger partial charge in [0.05, 0.1) is 5.69 Å². The highest BCUT2D eigenvalue weighted by atomic mass is 32.2. The van der Waals surface area contributed by atoms with Crippen LogP contribution in [-0.4, -0.2) is 39.9 Å². The summed E-state index contributed by atoms with van der Waals surface area (Å²) in [6.45, 7) is -0.118. The van der Waals surface area contributed by atoms with Crippen molar-refractivity contribution in [1.29, 1.82) is 0 Å². The maximum atomic E-state index is 13.5. The highest BCUT2D eigenvalue weighted by Crippen LogP contribution is 2.21. The number of anilines is 1. The minimum atomic E-state index is -4.06. The molecule has 1 aromatic carbocycles. The van der Waals surface area contributed by atoms with E-state index in [2.05, 4.69) is 4.72 Å². The summed E-state index contributed by atoms with van der Waals surface area (Å²) in [5.74, 6) is -1.16. The number of carbonyl (C=O) groups is 1. The summed E-state index contributed by atoms with van der Waals surface area (Å²) >= 11 is 0. The van der Waals surface area contributed by atoms with Crippen LogP contribution in [0.3, 0.4) is 0 Å². The van der Waals surface area contributed by atoms with E-state index in [1.165, 1.54) is 17.0 Å². The monoisotopic (exact) mass is 289 g/mol. The second-order valence-corrected chi connectivity index (χ2v) is 5.80. The molecule has 0 bridgehead atoms. The predicted octanol–water partition coefficient (Wildman–Crippen LogP) is 0.164. The van der Waals surface area contributed by atoms with Crippen LogP contribution in [0.4, 0.5) is 10.1 Å². The number of benzene rings is 1. The van der Waals surface area contributed by atoms with Gasteiger partial charge in [-0.3, -0.25) is 4.79 Å². The number of amides is 1. The third-order valence-electron chi connectivity index (χ3n) is 2.40. The molecule has 1 aromatic rings. The number of rotatable bonds is 5. The summed E-state index contributed by atoms with van der Waals surface area (Å²) < 4.78 is 39.4. The SMILES string of the molecule is CN(C)C(=O)CCNS(=O)(=O)c1c(N)cccc1F. The summed E-state index contributed by atoms with van der Waals surface area (Å²) in [6.07, 6.45) is -0.0133.